The zero-order valence-electron chi connectivity index (χ0n) is 21.9. The summed E-state index contributed by atoms with van der Waals surface area (Å²) in [7, 11) is -2.58. The fourth-order valence-corrected chi connectivity index (χ4v) is 4.95. The number of methoxy groups -OCH3 is 1. The van der Waals surface area contributed by atoms with Crippen LogP contribution in [0.5, 0.6) is 0 Å². The van der Waals surface area contributed by atoms with Crippen LogP contribution in [0.4, 0.5) is 0 Å². The van der Waals surface area contributed by atoms with Gasteiger partial charge in [0.15, 0.2) is 0 Å². The van der Waals surface area contributed by atoms with Gasteiger partial charge in [-0.25, -0.2) is 13.1 Å². The molecule has 10 heteroatoms. The summed E-state index contributed by atoms with van der Waals surface area (Å²) in [5.41, 5.74) is 2.35. The van der Waals surface area contributed by atoms with Crippen molar-refractivity contribution in [3.63, 3.8) is 0 Å². The van der Waals surface area contributed by atoms with Crippen molar-refractivity contribution in [3.05, 3.63) is 71.3 Å². The summed E-state index contributed by atoms with van der Waals surface area (Å²) < 4.78 is 32.5. The van der Waals surface area contributed by atoms with Crippen LogP contribution in [0.25, 0.3) is 0 Å². The first-order chi connectivity index (χ1) is 17.5. The summed E-state index contributed by atoms with van der Waals surface area (Å²) in [4.78, 5) is 39.0. The molecule has 2 aromatic carbocycles. The van der Waals surface area contributed by atoms with Crippen LogP contribution in [-0.2, 0) is 30.9 Å². The van der Waals surface area contributed by atoms with Crippen molar-refractivity contribution in [3.8, 4) is 0 Å². The van der Waals surface area contributed by atoms with E-state index in [-0.39, 0.29) is 49.5 Å². The standard InChI is InChI=1S/C27H37N3O6S/c1-20(2)17-24(27(33)36-4)29-37(34,35)16-8-15-30(19-22-9-6-5-7-10-22)25(31)18-28-26(32)23-13-11-21(3)12-14-23/h5-7,9-14,20,24,29H,8,15-19H2,1-4H3,(H,28,32)/t24-/m0/s1. The van der Waals surface area contributed by atoms with E-state index in [2.05, 4.69) is 10.0 Å². The molecule has 0 spiro atoms. The monoisotopic (exact) mass is 531 g/mol. The number of nitrogens with one attached hydrogen (secondary N) is 2. The number of ether oxygens (including phenoxy) is 1. The predicted molar refractivity (Wildman–Crippen MR) is 142 cm³/mol. The summed E-state index contributed by atoms with van der Waals surface area (Å²) in [6.45, 7) is 5.89. The Kier molecular flexibility index (Phi) is 11.7. The van der Waals surface area contributed by atoms with Crippen LogP contribution >= 0.6 is 0 Å². The highest BCUT2D eigenvalue weighted by molar-refractivity contribution is 7.89. The SMILES string of the molecule is COC(=O)[C@H](CC(C)C)NS(=O)(=O)CCCN(Cc1ccccc1)C(=O)CNC(=O)c1ccc(C)cc1. The number of carbonyl (C=O) groups is 3. The van der Waals surface area contributed by atoms with Gasteiger partial charge in [-0.2, -0.15) is 0 Å². The minimum absolute atomic E-state index is 0.0842. The third kappa shape index (κ3) is 10.7. The summed E-state index contributed by atoms with van der Waals surface area (Å²) >= 11 is 0. The second-order valence-corrected chi connectivity index (χ2v) is 11.2. The topological polar surface area (TPSA) is 122 Å². The van der Waals surface area contributed by atoms with E-state index in [9.17, 15) is 22.8 Å². The van der Waals surface area contributed by atoms with Gasteiger partial charge in [0.2, 0.25) is 15.9 Å². The molecule has 2 aromatic rings. The number of benzene rings is 2. The van der Waals surface area contributed by atoms with Gasteiger partial charge in [-0.1, -0.05) is 61.9 Å². The van der Waals surface area contributed by atoms with Gasteiger partial charge < -0.3 is 15.0 Å². The Hall–Kier alpha value is -3.24. The summed E-state index contributed by atoms with van der Waals surface area (Å²) in [5.74, 6) is -1.52. The highest BCUT2D eigenvalue weighted by Gasteiger charge is 2.26. The van der Waals surface area contributed by atoms with Crippen molar-refractivity contribution in [2.75, 3.05) is 26.0 Å². The molecule has 9 nitrogen and oxygen atoms in total. The number of rotatable bonds is 14. The van der Waals surface area contributed by atoms with Gasteiger partial charge in [0.25, 0.3) is 5.91 Å². The van der Waals surface area contributed by atoms with Crippen LogP contribution in [0, 0.1) is 12.8 Å². The molecule has 1 atom stereocenters. The smallest absolute Gasteiger partial charge is 0.323 e. The first-order valence-corrected chi connectivity index (χ1v) is 13.9. The van der Waals surface area contributed by atoms with Crippen LogP contribution < -0.4 is 10.0 Å². The lowest BCUT2D eigenvalue weighted by atomic mass is 10.1. The first kappa shape index (κ1) is 30.0. The fourth-order valence-electron chi connectivity index (χ4n) is 3.70. The molecule has 0 aliphatic carbocycles. The largest absolute Gasteiger partial charge is 0.468 e. The van der Waals surface area contributed by atoms with E-state index >= 15 is 0 Å². The number of amides is 2. The number of sulfonamides is 1. The van der Waals surface area contributed by atoms with Crippen LogP contribution in [0.2, 0.25) is 0 Å². The molecule has 2 amide bonds. The third-order valence-corrected chi connectivity index (χ3v) is 7.11. The van der Waals surface area contributed by atoms with E-state index in [1.54, 1.807) is 12.1 Å². The van der Waals surface area contributed by atoms with E-state index in [1.165, 1.54) is 12.0 Å². The number of hydrogen-bond donors (Lipinski definition) is 2. The van der Waals surface area contributed by atoms with Gasteiger partial charge >= 0.3 is 5.97 Å². The van der Waals surface area contributed by atoms with E-state index in [0.29, 0.717) is 12.0 Å². The van der Waals surface area contributed by atoms with Crippen molar-refractivity contribution < 1.29 is 27.5 Å². The second kappa shape index (κ2) is 14.5. The maximum atomic E-state index is 13.0. The Balaban J connectivity index is 2.01. The third-order valence-electron chi connectivity index (χ3n) is 5.64. The molecule has 0 aliphatic heterocycles. The number of hydrogen-bond acceptors (Lipinski definition) is 6. The van der Waals surface area contributed by atoms with Gasteiger partial charge in [0.1, 0.15) is 6.04 Å². The minimum atomic E-state index is -3.80. The normalized spacial score (nSPS) is 12.1. The molecule has 0 unspecified atom stereocenters. The van der Waals surface area contributed by atoms with E-state index < -0.39 is 22.0 Å². The molecule has 0 fully saturated rings. The zero-order chi connectivity index (χ0) is 27.4. The average Bonchev–Trinajstić information content (AvgIpc) is 2.86. The first-order valence-electron chi connectivity index (χ1n) is 12.2. The molecular formula is C27H37N3O6S. The van der Waals surface area contributed by atoms with Crippen molar-refractivity contribution >= 4 is 27.8 Å². The van der Waals surface area contributed by atoms with Crippen LogP contribution in [0.1, 0.15) is 48.2 Å². The summed E-state index contributed by atoms with van der Waals surface area (Å²) in [6.07, 6.45) is 0.459. The molecular weight excluding hydrogens is 494 g/mol. The predicted octanol–water partition coefficient (Wildman–Crippen LogP) is 2.65. The summed E-state index contributed by atoms with van der Waals surface area (Å²) in [5, 5.41) is 2.64. The maximum Gasteiger partial charge on any atom is 0.323 e. The second-order valence-electron chi connectivity index (χ2n) is 9.35. The Labute approximate surface area is 219 Å². The molecule has 0 aromatic heterocycles. The molecule has 0 radical (unpaired) electrons. The lowest BCUT2D eigenvalue weighted by Gasteiger charge is -2.24. The summed E-state index contributed by atoms with van der Waals surface area (Å²) in [6, 6.07) is 15.4. The van der Waals surface area contributed by atoms with Crippen molar-refractivity contribution in [2.24, 2.45) is 5.92 Å². The van der Waals surface area contributed by atoms with Gasteiger partial charge in [-0.05, 0) is 43.4 Å². The number of aryl methyl sites for hydroxylation is 1. The zero-order valence-corrected chi connectivity index (χ0v) is 22.7. The van der Waals surface area contributed by atoms with E-state index in [0.717, 1.165) is 11.1 Å². The number of carbonyl (C=O) groups excluding carboxylic acids is 3. The highest BCUT2D eigenvalue weighted by atomic mass is 32.2. The molecule has 2 rings (SSSR count). The van der Waals surface area contributed by atoms with Crippen molar-refractivity contribution in [2.45, 2.75) is 46.2 Å². The lowest BCUT2D eigenvalue weighted by Crippen LogP contribution is -2.44. The Morgan fingerprint density at radius 1 is 1.00 bits per heavy atom. The number of esters is 1. The molecule has 0 aliphatic rings. The van der Waals surface area contributed by atoms with Crippen molar-refractivity contribution in [1.82, 2.24) is 14.9 Å². The quantitative estimate of drug-likeness (QED) is 0.362. The van der Waals surface area contributed by atoms with Gasteiger partial charge in [-0.15, -0.1) is 0 Å². The molecule has 0 saturated heterocycles. The minimum Gasteiger partial charge on any atom is -0.468 e. The average molecular weight is 532 g/mol. The molecule has 2 N–H and O–H groups in total. The van der Waals surface area contributed by atoms with E-state index in [4.69, 9.17) is 4.74 Å². The van der Waals surface area contributed by atoms with Gasteiger partial charge in [0.05, 0.1) is 19.4 Å². The van der Waals surface area contributed by atoms with Gasteiger partial charge in [0, 0.05) is 18.7 Å². The molecule has 202 valence electrons. The molecule has 0 bridgehead atoms. The Morgan fingerprint density at radius 3 is 2.24 bits per heavy atom. The molecule has 0 heterocycles. The van der Waals surface area contributed by atoms with E-state index in [1.807, 2.05) is 63.2 Å². The fraction of sp³-hybridized carbons (Fsp3) is 0.444. The molecule has 37 heavy (non-hydrogen) atoms. The maximum absolute atomic E-state index is 13.0. The van der Waals surface area contributed by atoms with Crippen LogP contribution in [0.3, 0.4) is 0 Å². The lowest BCUT2D eigenvalue weighted by molar-refractivity contribution is -0.143. The van der Waals surface area contributed by atoms with Crippen LogP contribution in [-0.4, -0.2) is 63.1 Å². The highest BCUT2D eigenvalue weighted by Crippen LogP contribution is 2.10. The number of nitrogens with zero attached hydrogens (tertiary/aromatic N) is 1. The van der Waals surface area contributed by atoms with Crippen molar-refractivity contribution in [1.29, 1.82) is 0 Å². The Bertz CT molecular complexity index is 1130. The van der Waals surface area contributed by atoms with Gasteiger partial charge in [-0.3, -0.25) is 14.4 Å². The van der Waals surface area contributed by atoms with Crippen LogP contribution in [0.15, 0.2) is 54.6 Å². The molecule has 0 saturated carbocycles. The Morgan fingerprint density at radius 2 is 1.65 bits per heavy atom.